The van der Waals surface area contributed by atoms with Gasteiger partial charge in [-0.05, 0) is 12.1 Å². The summed E-state index contributed by atoms with van der Waals surface area (Å²) in [5.74, 6) is 0. The molecule has 0 aliphatic carbocycles. The molecule has 2 nitrogen and oxygen atoms in total. The Balaban J connectivity index is 0.000001000. The molecule has 0 amide bonds. The number of para-hydroxylation sites is 1. The molecule has 0 aliphatic heterocycles. The highest BCUT2D eigenvalue weighted by molar-refractivity contribution is 8.11. The Kier molecular flexibility index (Phi) is 4.85. The van der Waals surface area contributed by atoms with Crippen LogP contribution in [0.15, 0.2) is 30.3 Å². The summed E-state index contributed by atoms with van der Waals surface area (Å²) in [7, 11) is 0. The molecule has 0 atom stereocenters. The summed E-state index contributed by atoms with van der Waals surface area (Å²) in [6.07, 6.45) is 0. The molecule has 0 heterocycles. The molecule has 0 radical (unpaired) electrons. The Labute approximate surface area is 77.0 Å². The molecule has 0 saturated carbocycles. The van der Waals surface area contributed by atoms with Crippen LogP contribution in [0.4, 0.5) is 5.69 Å². The van der Waals surface area contributed by atoms with Gasteiger partial charge in [0.25, 0.3) is 0 Å². The predicted molar refractivity (Wildman–Crippen MR) is 56.7 cm³/mol. The molecule has 1 aromatic carbocycles. The van der Waals surface area contributed by atoms with E-state index in [2.05, 4.69) is 17.9 Å². The summed E-state index contributed by atoms with van der Waals surface area (Å²) >= 11 is 8.66. The van der Waals surface area contributed by atoms with E-state index >= 15 is 0 Å². The Bertz CT molecular complexity index is 223. The van der Waals surface area contributed by atoms with Gasteiger partial charge in [0.15, 0.2) is 0 Å². The molecule has 0 spiro atoms. The largest absolute Gasteiger partial charge is 0.344 e. The zero-order chi connectivity index (χ0) is 7.40. The van der Waals surface area contributed by atoms with Crippen molar-refractivity contribution in [2.24, 2.45) is 0 Å². The quantitative estimate of drug-likeness (QED) is 0.466. The molecule has 1 aromatic rings. The maximum absolute atomic E-state index is 4.73. The molecule has 11 heavy (non-hydrogen) atoms. The van der Waals surface area contributed by atoms with Crippen molar-refractivity contribution in [3.8, 4) is 0 Å². The maximum atomic E-state index is 4.73. The summed E-state index contributed by atoms with van der Waals surface area (Å²) in [5, 5.41) is 2.90. The molecular formula is C7H10N2S2. The van der Waals surface area contributed by atoms with E-state index in [-0.39, 0.29) is 6.15 Å². The van der Waals surface area contributed by atoms with Gasteiger partial charge in [0.1, 0.15) is 4.32 Å². The normalized spacial score (nSPS) is 8.09. The first kappa shape index (κ1) is 10.4. The monoisotopic (exact) mass is 186 g/mol. The van der Waals surface area contributed by atoms with E-state index in [0.29, 0.717) is 4.32 Å². The van der Waals surface area contributed by atoms with Crippen LogP contribution in [0.2, 0.25) is 0 Å². The average Bonchev–Trinajstić information content (AvgIpc) is 1.88. The van der Waals surface area contributed by atoms with Gasteiger partial charge in [-0.1, -0.05) is 30.4 Å². The number of thiol groups is 1. The van der Waals surface area contributed by atoms with Gasteiger partial charge in [-0.25, -0.2) is 0 Å². The highest BCUT2D eigenvalue weighted by Crippen LogP contribution is 2.05. The second-order valence-electron chi connectivity index (χ2n) is 1.80. The fraction of sp³-hybridized carbons (Fsp3) is 0. The van der Waals surface area contributed by atoms with Crippen LogP contribution in [0.25, 0.3) is 0 Å². The first-order valence-corrected chi connectivity index (χ1v) is 3.69. The standard InChI is InChI=1S/C7H7NS2.H3N/c9-7(10)8-6-4-2-1-3-5-6;/h1-5H,(H2,8,9,10);1H3. The maximum Gasteiger partial charge on any atom is 0.135 e. The lowest BCUT2D eigenvalue weighted by molar-refractivity contribution is 1.66. The highest BCUT2D eigenvalue weighted by Gasteiger charge is 1.87. The van der Waals surface area contributed by atoms with Gasteiger partial charge in [0.2, 0.25) is 0 Å². The third-order valence-corrected chi connectivity index (χ3v) is 1.24. The van der Waals surface area contributed by atoms with E-state index in [1.165, 1.54) is 0 Å². The minimum absolute atomic E-state index is 0. The Morgan fingerprint density at radius 1 is 1.27 bits per heavy atom. The summed E-state index contributed by atoms with van der Waals surface area (Å²) in [4.78, 5) is 0. The van der Waals surface area contributed by atoms with Crippen LogP contribution in [0, 0.1) is 0 Å². The number of rotatable bonds is 1. The van der Waals surface area contributed by atoms with Gasteiger partial charge in [-0.3, -0.25) is 0 Å². The van der Waals surface area contributed by atoms with E-state index in [1.54, 1.807) is 0 Å². The molecule has 4 N–H and O–H groups in total. The van der Waals surface area contributed by atoms with Crippen LogP contribution >= 0.6 is 24.8 Å². The first-order valence-electron chi connectivity index (χ1n) is 2.84. The van der Waals surface area contributed by atoms with E-state index in [4.69, 9.17) is 12.2 Å². The lowest BCUT2D eigenvalue weighted by Gasteiger charge is -2.00. The average molecular weight is 186 g/mol. The van der Waals surface area contributed by atoms with E-state index in [9.17, 15) is 0 Å². The van der Waals surface area contributed by atoms with Crippen molar-refractivity contribution >= 4 is 34.9 Å². The molecule has 4 heteroatoms. The van der Waals surface area contributed by atoms with Crippen molar-refractivity contribution in [3.63, 3.8) is 0 Å². The molecule has 60 valence electrons. The van der Waals surface area contributed by atoms with E-state index < -0.39 is 0 Å². The third kappa shape index (κ3) is 3.98. The van der Waals surface area contributed by atoms with Crippen molar-refractivity contribution < 1.29 is 0 Å². The van der Waals surface area contributed by atoms with Gasteiger partial charge >= 0.3 is 0 Å². The Hall–Kier alpha value is -0.580. The molecule has 0 aliphatic rings. The molecule has 0 fully saturated rings. The molecular weight excluding hydrogens is 176 g/mol. The fourth-order valence-corrected chi connectivity index (χ4v) is 0.892. The lowest BCUT2D eigenvalue weighted by atomic mass is 10.3. The van der Waals surface area contributed by atoms with Crippen LogP contribution in [-0.4, -0.2) is 4.32 Å². The molecule has 1 rings (SSSR count). The minimum atomic E-state index is 0. The Morgan fingerprint density at radius 3 is 2.27 bits per heavy atom. The zero-order valence-electron chi connectivity index (χ0n) is 5.95. The van der Waals surface area contributed by atoms with Gasteiger partial charge < -0.3 is 11.5 Å². The summed E-state index contributed by atoms with van der Waals surface area (Å²) in [5.41, 5.74) is 0.975. The minimum Gasteiger partial charge on any atom is -0.344 e. The fourth-order valence-electron chi connectivity index (χ4n) is 0.645. The molecule has 0 aromatic heterocycles. The van der Waals surface area contributed by atoms with Crippen LogP contribution in [0.1, 0.15) is 0 Å². The smallest absolute Gasteiger partial charge is 0.135 e. The first-order chi connectivity index (χ1) is 4.79. The number of thiocarbonyl (C=S) groups is 1. The molecule has 0 bridgehead atoms. The summed E-state index contributed by atoms with van der Waals surface area (Å²) < 4.78 is 0.492. The number of benzene rings is 1. The van der Waals surface area contributed by atoms with Crippen molar-refractivity contribution in [1.29, 1.82) is 0 Å². The number of hydrogen-bond acceptors (Lipinski definition) is 2. The van der Waals surface area contributed by atoms with Crippen molar-refractivity contribution in [3.05, 3.63) is 30.3 Å². The van der Waals surface area contributed by atoms with Crippen molar-refractivity contribution in [2.75, 3.05) is 5.32 Å². The third-order valence-electron chi connectivity index (χ3n) is 1.03. The van der Waals surface area contributed by atoms with E-state index in [1.807, 2.05) is 30.3 Å². The Morgan fingerprint density at radius 2 is 1.82 bits per heavy atom. The van der Waals surface area contributed by atoms with Crippen LogP contribution in [0.3, 0.4) is 0 Å². The molecule has 0 saturated heterocycles. The topological polar surface area (TPSA) is 47.0 Å². The second kappa shape index (κ2) is 5.12. The zero-order valence-corrected chi connectivity index (χ0v) is 7.66. The summed E-state index contributed by atoms with van der Waals surface area (Å²) in [6, 6.07) is 9.69. The highest BCUT2D eigenvalue weighted by atomic mass is 32.1. The van der Waals surface area contributed by atoms with Crippen LogP contribution in [0.5, 0.6) is 0 Å². The SMILES string of the molecule is N.S=C(S)Nc1ccccc1. The van der Waals surface area contributed by atoms with Gasteiger partial charge in [-0.2, -0.15) is 0 Å². The van der Waals surface area contributed by atoms with Crippen molar-refractivity contribution in [1.82, 2.24) is 6.15 Å². The van der Waals surface area contributed by atoms with Crippen molar-refractivity contribution in [2.45, 2.75) is 0 Å². The summed E-state index contributed by atoms with van der Waals surface area (Å²) in [6.45, 7) is 0. The van der Waals surface area contributed by atoms with Gasteiger partial charge in [0.05, 0.1) is 0 Å². The van der Waals surface area contributed by atoms with Gasteiger partial charge in [-0.15, -0.1) is 12.6 Å². The van der Waals surface area contributed by atoms with Crippen LogP contribution < -0.4 is 11.5 Å². The molecule has 0 unspecified atom stereocenters. The van der Waals surface area contributed by atoms with Gasteiger partial charge in [0, 0.05) is 5.69 Å². The second-order valence-corrected chi connectivity index (χ2v) is 2.95. The lowest BCUT2D eigenvalue weighted by Crippen LogP contribution is -1.99. The number of anilines is 1. The number of nitrogens with one attached hydrogen (secondary N) is 1. The predicted octanol–water partition coefficient (Wildman–Crippen LogP) is 2.48. The van der Waals surface area contributed by atoms with E-state index in [0.717, 1.165) is 5.69 Å². The van der Waals surface area contributed by atoms with Crippen LogP contribution in [-0.2, 0) is 0 Å². The number of hydrogen-bond donors (Lipinski definition) is 3.